The number of aryl methyl sites for hydroxylation is 1. The second-order valence-corrected chi connectivity index (χ2v) is 9.50. The van der Waals surface area contributed by atoms with Crippen LogP contribution < -0.4 is 14.4 Å². The molecule has 0 aromatic heterocycles. The fourth-order valence-corrected chi connectivity index (χ4v) is 4.87. The Balaban J connectivity index is 1.95. The Morgan fingerprint density at radius 1 is 0.938 bits per heavy atom. The second-order valence-electron chi connectivity index (χ2n) is 7.64. The quantitative estimate of drug-likeness (QED) is 0.559. The highest BCUT2D eigenvalue weighted by Crippen LogP contribution is 2.27. The summed E-state index contributed by atoms with van der Waals surface area (Å²) >= 11 is 0. The standard InChI is InChI=1S/C25H28N2O4S/c1-18-10-8-9-13-23(18)24(20-11-6-5-7-12-20)26-25(28)19(2)27(32(4,29)30)21-14-16-22(31-3)17-15-21/h5-17,19,24H,1-4H3,(H,26,28)/t19-,24+/m1/s1. The van der Waals surface area contributed by atoms with E-state index in [2.05, 4.69) is 5.32 Å². The van der Waals surface area contributed by atoms with Gasteiger partial charge < -0.3 is 10.1 Å². The molecule has 6 nitrogen and oxygen atoms in total. The molecule has 3 rings (SSSR count). The molecule has 32 heavy (non-hydrogen) atoms. The van der Waals surface area contributed by atoms with Crippen molar-refractivity contribution in [1.82, 2.24) is 5.32 Å². The van der Waals surface area contributed by atoms with E-state index in [0.29, 0.717) is 11.4 Å². The molecule has 0 aliphatic heterocycles. The number of amides is 1. The summed E-state index contributed by atoms with van der Waals surface area (Å²) in [5.74, 6) is 0.200. The summed E-state index contributed by atoms with van der Waals surface area (Å²) in [7, 11) is -2.19. The molecule has 0 fully saturated rings. The van der Waals surface area contributed by atoms with Gasteiger partial charge in [-0.25, -0.2) is 8.42 Å². The van der Waals surface area contributed by atoms with Crippen molar-refractivity contribution in [2.45, 2.75) is 25.9 Å². The van der Waals surface area contributed by atoms with Crippen LogP contribution in [0, 0.1) is 6.92 Å². The molecule has 1 amide bonds. The van der Waals surface area contributed by atoms with Gasteiger partial charge in [-0.3, -0.25) is 9.10 Å². The maximum atomic E-state index is 13.4. The van der Waals surface area contributed by atoms with E-state index in [1.807, 2.05) is 61.5 Å². The molecule has 0 heterocycles. The molecule has 3 aromatic carbocycles. The van der Waals surface area contributed by atoms with Crippen molar-refractivity contribution in [2.24, 2.45) is 0 Å². The first-order valence-corrected chi connectivity index (χ1v) is 12.1. The maximum Gasteiger partial charge on any atom is 0.244 e. The predicted octanol–water partition coefficient (Wildman–Crippen LogP) is 4.06. The highest BCUT2D eigenvalue weighted by molar-refractivity contribution is 7.92. The van der Waals surface area contributed by atoms with E-state index in [1.54, 1.807) is 31.2 Å². The maximum absolute atomic E-state index is 13.4. The Labute approximate surface area is 189 Å². The molecule has 0 bridgehead atoms. The molecule has 0 aliphatic rings. The van der Waals surface area contributed by atoms with Crippen LogP contribution in [-0.4, -0.2) is 33.7 Å². The van der Waals surface area contributed by atoms with Crippen molar-refractivity contribution in [3.8, 4) is 5.75 Å². The third-order valence-corrected chi connectivity index (χ3v) is 6.58. The van der Waals surface area contributed by atoms with E-state index >= 15 is 0 Å². The van der Waals surface area contributed by atoms with Crippen LogP contribution in [0.4, 0.5) is 5.69 Å². The van der Waals surface area contributed by atoms with Gasteiger partial charge in [-0.2, -0.15) is 0 Å². The molecule has 2 atom stereocenters. The lowest BCUT2D eigenvalue weighted by atomic mass is 9.94. The van der Waals surface area contributed by atoms with Gasteiger partial charge in [-0.1, -0.05) is 54.6 Å². The van der Waals surface area contributed by atoms with Gasteiger partial charge in [-0.05, 0) is 54.8 Å². The summed E-state index contributed by atoms with van der Waals surface area (Å²) in [4.78, 5) is 13.4. The first kappa shape index (κ1) is 23.3. The lowest BCUT2D eigenvalue weighted by Gasteiger charge is -2.30. The summed E-state index contributed by atoms with van der Waals surface area (Å²) in [5.41, 5.74) is 3.29. The molecular formula is C25H28N2O4S. The van der Waals surface area contributed by atoms with Crippen LogP contribution >= 0.6 is 0 Å². The second kappa shape index (κ2) is 9.87. The highest BCUT2D eigenvalue weighted by Gasteiger charge is 2.31. The number of sulfonamides is 1. The van der Waals surface area contributed by atoms with Gasteiger partial charge in [0.2, 0.25) is 15.9 Å². The highest BCUT2D eigenvalue weighted by atomic mass is 32.2. The molecule has 7 heteroatoms. The Kier molecular flexibility index (Phi) is 7.20. The van der Waals surface area contributed by atoms with Crippen LogP contribution in [0.25, 0.3) is 0 Å². The molecule has 0 radical (unpaired) electrons. The number of anilines is 1. The van der Waals surface area contributed by atoms with Crippen LogP contribution in [0.5, 0.6) is 5.75 Å². The van der Waals surface area contributed by atoms with Crippen molar-refractivity contribution in [1.29, 1.82) is 0 Å². The van der Waals surface area contributed by atoms with Crippen LogP contribution in [0.15, 0.2) is 78.9 Å². The minimum absolute atomic E-state index is 0.392. The van der Waals surface area contributed by atoms with E-state index in [4.69, 9.17) is 4.74 Å². The van der Waals surface area contributed by atoms with Gasteiger partial charge in [0, 0.05) is 0 Å². The summed E-state index contributed by atoms with van der Waals surface area (Å²) in [6.07, 6.45) is 1.09. The number of hydrogen-bond acceptors (Lipinski definition) is 4. The molecule has 0 aliphatic carbocycles. The largest absolute Gasteiger partial charge is 0.497 e. The van der Waals surface area contributed by atoms with Crippen molar-refractivity contribution in [2.75, 3.05) is 17.7 Å². The summed E-state index contributed by atoms with van der Waals surface area (Å²) in [6, 6.07) is 22.7. The van der Waals surface area contributed by atoms with E-state index in [1.165, 1.54) is 7.11 Å². The molecule has 0 saturated carbocycles. The minimum Gasteiger partial charge on any atom is -0.497 e. The van der Waals surface area contributed by atoms with Crippen molar-refractivity contribution >= 4 is 21.6 Å². The van der Waals surface area contributed by atoms with E-state index in [0.717, 1.165) is 27.3 Å². The van der Waals surface area contributed by atoms with Gasteiger partial charge in [0.05, 0.1) is 25.1 Å². The van der Waals surface area contributed by atoms with Crippen LogP contribution in [0.1, 0.15) is 29.7 Å². The van der Waals surface area contributed by atoms with E-state index in [-0.39, 0.29) is 0 Å². The van der Waals surface area contributed by atoms with Crippen molar-refractivity contribution in [3.05, 3.63) is 95.6 Å². The summed E-state index contributed by atoms with van der Waals surface area (Å²) in [6.45, 7) is 3.57. The van der Waals surface area contributed by atoms with Crippen LogP contribution in [0.2, 0.25) is 0 Å². The number of carbonyl (C=O) groups is 1. The third-order valence-electron chi connectivity index (χ3n) is 5.33. The number of methoxy groups -OCH3 is 1. The zero-order valence-corrected chi connectivity index (χ0v) is 19.5. The Morgan fingerprint density at radius 2 is 1.53 bits per heavy atom. The number of benzene rings is 3. The van der Waals surface area contributed by atoms with Crippen molar-refractivity contribution < 1.29 is 17.9 Å². The van der Waals surface area contributed by atoms with E-state index in [9.17, 15) is 13.2 Å². The summed E-state index contributed by atoms with van der Waals surface area (Å²) in [5, 5.41) is 3.07. The number of nitrogens with one attached hydrogen (secondary N) is 1. The van der Waals surface area contributed by atoms with Gasteiger partial charge in [0.15, 0.2) is 0 Å². The number of hydrogen-bond donors (Lipinski definition) is 1. The predicted molar refractivity (Wildman–Crippen MR) is 127 cm³/mol. The number of carbonyl (C=O) groups excluding carboxylic acids is 1. The first-order chi connectivity index (χ1) is 15.2. The molecule has 3 aromatic rings. The Bertz CT molecular complexity index is 1160. The van der Waals surface area contributed by atoms with Crippen LogP contribution in [0.3, 0.4) is 0 Å². The zero-order valence-electron chi connectivity index (χ0n) is 18.6. The normalized spacial score (nSPS) is 13.1. The fourth-order valence-electron chi connectivity index (χ4n) is 3.70. The average Bonchev–Trinajstić information content (AvgIpc) is 2.78. The zero-order chi connectivity index (χ0) is 23.3. The molecule has 0 saturated heterocycles. The smallest absolute Gasteiger partial charge is 0.244 e. The summed E-state index contributed by atoms with van der Waals surface area (Å²) < 4.78 is 31.5. The molecule has 0 unspecified atom stereocenters. The lowest BCUT2D eigenvalue weighted by molar-refractivity contribution is -0.122. The number of nitrogens with zero attached hydrogens (tertiary/aromatic N) is 1. The topological polar surface area (TPSA) is 75.7 Å². The Hall–Kier alpha value is -3.32. The van der Waals surface area contributed by atoms with Gasteiger partial charge >= 0.3 is 0 Å². The van der Waals surface area contributed by atoms with Crippen LogP contribution in [-0.2, 0) is 14.8 Å². The number of ether oxygens (including phenoxy) is 1. The van der Waals surface area contributed by atoms with E-state index < -0.39 is 28.0 Å². The van der Waals surface area contributed by atoms with Gasteiger partial charge in [-0.15, -0.1) is 0 Å². The monoisotopic (exact) mass is 452 g/mol. The third kappa shape index (κ3) is 5.29. The lowest BCUT2D eigenvalue weighted by Crippen LogP contribution is -2.48. The Morgan fingerprint density at radius 3 is 2.09 bits per heavy atom. The molecule has 168 valence electrons. The average molecular weight is 453 g/mol. The molecule has 0 spiro atoms. The number of rotatable bonds is 8. The SMILES string of the molecule is COc1ccc(N([C@H](C)C(=O)N[C@@H](c2ccccc2)c2ccccc2C)S(C)(=O)=O)cc1. The molecular weight excluding hydrogens is 424 g/mol. The molecule has 1 N–H and O–H groups in total. The first-order valence-electron chi connectivity index (χ1n) is 10.3. The van der Waals surface area contributed by atoms with Crippen molar-refractivity contribution in [3.63, 3.8) is 0 Å². The minimum atomic E-state index is -3.72. The fraction of sp³-hybridized carbons (Fsp3) is 0.240. The van der Waals surface area contributed by atoms with Gasteiger partial charge in [0.1, 0.15) is 11.8 Å². The van der Waals surface area contributed by atoms with Gasteiger partial charge in [0.25, 0.3) is 0 Å².